The Morgan fingerprint density at radius 2 is 1.94 bits per heavy atom. The molecule has 0 aliphatic rings. The number of ether oxygens (including phenoxy) is 2. The van der Waals surface area contributed by atoms with Gasteiger partial charge in [0.2, 0.25) is 0 Å². The van der Waals surface area contributed by atoms with Crippen LogP contribution in [0.3, 0.4) is 0 Å². The van der Waals surface area contributed by atoms with E-state index in [1.54, 1.807) is 12.3 Å². The molecule has 164 valence electrons. The number of aromatic nitrogens is 2. The molecule has 0 aliphatic heterocycles. The second-order valence-corrected chi connectivity index (χ2v) is 8.76. The first-order valence-corrected chi connectivity index (χ1v) is 11.8. The molecule has 0 amide bonds. The lowest BCUT2D eigenvalue weighted by atomic mass is 10.2. The van der Waals surface area contributed by atoms with Gasteiger partial charge in [-0.2, -0.15) is 9.78 Å². The van der Waals surface area contributed by atoms with Crippen LogP contribution >= 0.6 is 31.9 Å². The lowest BCUT2D eigenvalue weighted by Gasteiger charge is -2.17. The number of fused-ring (bicyclic) bond motifs is 1. The Morgan fingerprint density at radius 1 is 1.16 bits per heavy atom. The summed E-state index contributed by atoms with van der Waals surface area (Å²) in [7, 11) is 0. The van der Waals surface area contributed by atoms with Crippen LogP contribution in [0.4, 0.5) is 0 Å². The fourth-order valence-corrected chi connectivity index (χ4v) is 3.76. The van der Waals surface area contributed by atoms with Crippen molar-refractivity contribution < 1.29 is 9.47 Å². The van der Waals surface area contributed by atoms with Gasteiger partial charge in [-0.25, -0.2) is 4.98 Å². The molecule has 0 unspecified atom stereocenters. The van der Waals surface area contributed by atoms with Crippen LogP contribution in [0.5, 0.6) is 11.5 Å². The average Bonchev–Trinajstić information content (AvgIpc) is 2.75. The van der Waals surface area contributed by atoms with Crippen molar-refractivity contribution in [2.24, 2.45) is 5.10 Å². The molecule has 6 nitrogen and oxygen atoms in total. The minimum absolute atomic E-state index is 0.0688. The highest BCUT2D eigenvalue weighted by molar-refractivity contribution is 9.10. The quantitative estimate of drug-likeness (QED) is 0.325. The highest BCUT2D eigenvalue weighted by atomic mass is 79.9. The maximum atomic E-state index is 13.1. The van der Waals surface area contributed by atoms with E-state index in [2.05, 4.69) is 48.9 Å². The zero-order chi connectivity index (χ0) is 22.5. The predicted octanol–water partition coefficient (Wildman–Crippen LogP) is 5.94. The van der Waals surface area contributed by atoms with Crippen LogP contribution in [0.25, 0.3) is 10.9 Å². The van der Waals surface area contributed by atoms with Gasteiger partial charge in [-0.15, -0.1) is 0 Å². The molecule has 0 fully saturated rings. The molecular formula is C23H25Br2N3O3. The Labute approximate surface area is 198 Å². The molecule has 8 heteroatoms. The fourth-order valence-electron chi connectivity index (χ4n) is 2.97. The molecule has 2 aromatic carbocycles. The second-order valence-electron chi connectivity index (χ2n) is 6.99. The summed E-state index contributed by atoms with van der Waals surface area (Å²) in [6, 6.07) is 9.20. The van der Waals surface area contributed by atoms with Crippen molar-refractivity contribution in [2.45, 2.75) is 46.6 Å². The van der Waals surface area contributed by atoms with Gasteiger partial charge < -0.3 is 9.47 Å². The number of rotatable bonds is 8. The lowest BCUT2D eigenvalue weighted by molar-refractivity contribution is 0.203. The molecule has 0 radical (unpaired) electrons. The van der Waals surface area contributed by atoms with E-state index >= 15 is 0 Å². The maximum absolute atomic E-state index is 13.1. The molecule has 0 saturated carbocycles. The molecule has 3 rings (SSSR count). The zero-order valence-electron chi connectivity index (χ0n) is 18.0. The molecule has 1 heterocycles. The topological polar surface area (TPSA) is 65.7 Å². The average molecular weight is 551 g/mol. The molecule has 0 spiro atoms. The van der Waals surface area contributed by atoms with E-state index in [9.17, 15) is 4.79 Å². The summed E-state index contributed by atoms with van der Waals surface area (Å²) < 4.78 is 14.7. The zero-order valence-corrected chi connectivity index (χ0v) is 21.2. The number of halogens is 2. The van der Waals surface area contributed by atoms with E-state index in [1.165, 1.54) is 4.68 Å². The molecule has 0 N–H and O–H groups in total. The minimum Gasteiger partial charge on any atom is -0.490 e. The van der Waals surface area contributed by atoms with Crippen molar-refractivity contribution in [1.82, 2.24) is 9.66 Å². The van der Waals surface area contributed by atoms with Gasteiger partial charge in [-0.1, -0.05) is 29.8 Å². The van der Waals surface area contributed by atoms with Crippen molar-refractivity contribution in [3.8, 4) is 11.5 Å². The van der Waals surface area contributed by atoms with Gasteiger partial charge in [0.15, 0.2) is 11.5 Å². The van der Waals surface area contributed by atoms with E-state index in [-0.39, 0.29) is 11.7 Å². The highest BCUT2D eigenvalue weighted by Crippen LogP contribution is 2.34. The highest BCUT2D eigenvalue weighted by Gasteiger charge is 2.14. The van der Waals surface area contributed by atoms with Crippen molar-refractivity contribution in [3.63, 3.8) is 0 Å². The predicted molar refractivity (Wildman–Crippen MR) is 132 cm³/mol. The first kappa shape index (κ1) is 23.5. The van der Waals surface area contributed by atoms with Crippen molar-refractivity contribution in [2.75, 3.05) is 6.61 Å². The number of aryl methyl sites for hydroxylation is 1. The number of hydrogen-bond donors (Lipinski definition) is 0. The third-order valence-electron chi connectivity index (χ3n) is 4.77. The third-order valence-corrected chi connectivity index (χ3v) is 5.95. The Morgan fingerprint density at radius 3 is 2.61 bits per heavy atom. The van der Waals surface area contributed by atoms with Gasteiger partial charge in [0.05, 0.1) is 29.8 Å². The van der Waals surface area contributed by atoms with Crippen LogP contribution in [-0.2, 0) is 6.42 Å². The Hall–Kier alpha value is -2.19. The molecule has 1 atom stereocenters. The summed E-state index contributed by atoms with van der Waals surface area (Å²) in [5.74, 6) is 1.90. The third kappa shape index (κ3) is 5.36. The van der Waals surface area contributed by atoms with E-state index < -0.39 is 0 Å². The Balaban J connectivity index is 2.06. The summed E-state index contributed by atoms with van der Waals surface area (Å²) in [5, 5.41) is 4.98. The van der Waals surface area contributed by atoms with Gasteiger partial charge in [0, 0.05) is 20.9 Å². The molecule has 31 heavy (non-hydrogen) atoms. The fraction of sp³-hybridized carbons (Fsp3) is 0.348. The van der Waals surface area contributed by atoms with Gasteiger partial charge in [0.25, 0.3) is 5.56 Å². The number of hydrogen-bond acceptors (Lipinski definition) is 5. The molecule has 0 saturated heterocycles. The van der Waals surface area contributed by atoms with Crippen LogP contribution in [0.1, 0.15) is 45.5 Å². The summed E-state index contributed by atoms with van der Waals surface area (Å²) in [6.45, 7) is 8.47. The molecular weight excluding hydrogens is 526 g/mol. The summed E-state index contributed by atoms with van der Waals surface area (Å²) >= 11 is 7.00. The Bertz CT molecular complexity index is 1170. The monoisotopic (exact) mass is 549 g/mol. The molecule has 1 aromatic heterocycles. The summed E-state index contributed by atoms with van der Waals surface area (Å²) in [6.07, 6.45) is 3.16. The smallest absolute Gasteiger partial charge is 0.282 e. The first-order chi connectivity index (χ1) is 14.9. The SMILES string of the molecule is CCOc1cc(C=Nn2c(CC)nc3ccc(Br)cc3c2=O)c(Br)cc1O[C@@H](C)CC. The molecule has 0 bridgehead atoms. The van der Waals surface area contributed by atoms with Crippen LogP contribution in [0, 0.1) is 0 Å². The van der Waals surface area contributed by atoms with Gasteiger partial charge in [0.1, 0.15) is 5.82 Å². The van der Waals surface area contributed by atoms with Crippen LogP contribution in [-0.4, -0.2) is 28.6 Å². The van der Waals surface area contributed by atoms with Gasteiger partial charge in [-0.3, -0.25) is 4.79 Å². The minimum atomic E-state index is -0.211. The number of nitrogens with zero attached hydrogens (tertiary/aromatic N) is 3. The first-order valence-electron chi connectivity index (χ1n) is 10.3. The molecule has 3 aromatic rings. The summed E-state index contributed by atoms with van der Waals surface area (Å²) in [5.41, 5.74) is 1.21. The van der Waals surface area contributed by atoms with Crippen molar-refractivity contribution in [3.05, 3.63) is 61.0 Å². The standard InChI is InChI=1S/C23H25Br2N3O3/c1-5-14(4)31-21-12-18(25)15(10-20(21)30-7-3)13-26-28-22(6-2)27-19-9-8-16(24)11-17(19)23(28)29/h8-14H,5-7H2,1-4H3/t14-/m0/s1. The van der Waals surface area contributed by atoms with E-state index in [0.29, 0.717) is 41.3 Å². The van der Waals surface area contributed by atoms with E-state index in [1.807, 2.05) is 45.0 Å². The summed E-state index contributed by atoms with van der Waals surface area (Å²) in [4.78, 5) is 17.7. The van der Waals surface area contributed by atoms with Gasteiger partial charge >= 0.3 is 0 Å². The second kappa shape index (κ2) is 10.4. The van der Waals surface area contributed by atoms with Crippen molar-refractivity contribution >= 4 is 49.0 Å². The number of benzene rings is 2. The van der Waals surface area contributed by atoms with Gasteiger partial charge in [-0.05, 0) is 66.5 Å². The van der Waals surface area contributed by atoms with E-state index in [0.717, 1.165) is 20.9 Å². The van der Waals surface area contributed by atoms with E-state index in [4.69, 9.17) is 9.47 Å². The lowest BCUT2D eigenvalue weighted by Crippen LogP contribution is -2.22. The molecule has 0 aliphatic carbocycles. The maximum Gasteiger partial charge on any atom is 0.282 e. The Kier molecular flexibility index (Phi) is 7.89. The normalized spacial score (nSPS) is 12.5. The largest absolute Gasteiger partial charge is 0.490 e. The van der Waals surface area contributed by atoms with Crippen LogP contribution in [0.2, 0.25) is 0 Å². The van der Waals surface area contributed by atoms with Crippen LogP contribution in [0.15, 0.2) is 49.2 Å². The van der Waals surface area contributed by atoms with Crippen molar-refractivity contribution in [1.29, 1.82) is 0 Å². The van der Waals surface area contributed by atoms with Crippen LogP contribution < -0.4 is 15.0 Å².